The van der Waals surface area contributed by atoms with Gasteiger partial charge in [-0.2, -0.15) is 0 Å². The van der Waals surface area contributed by atoms with Crippen LogP contribution in [0.15, 0.2) is 79.5 Å². The topological polar surface area (TPSA) is 114 Å². The van der Waals surface area contributed by atoms with Crippen molar-refractivity contribution in [3.8, 4) is 11.3 Å². The molecule has 0 aliphatic carbocycles. The van der Waals surface area contributed by atoms with Crippen LogP contribution in [0.1, 0.15) is 46.1 Å². The van der Waals surface area contributed by atoms with Crippen LogP contribution in [-0.4, -0.2) is 48.2 Å². The molecule has 5 aromatic rings. The Balaban J connectivity index is 1.27. The van der Waals surface area contributed by atoms with Crippen LogP contribution in [0.3, 0.4) is 0 Å². The quantitative estimate of drug-likeness (QED) is 0.335. The van der Waals surface area contributed by atoms with E-state index in [1.165, 1.54) is 5.56 Å². The maximum Gasteiger partial charge on any atom is 0.256 e. The van der Waals surface area contributed by atoms with Crippen molar-refractivity contribution < 1.29 is 4.79 Å². The minimum Gasteiger partial charge on any atom is -0.382 e. The molecule has 3 N–H and O–H groups in total. The van der Waals surface area contributed by atoms with Gasteiger partial charge in [0.05, 0.1) is 0 Å². The Morgan fingerprint density at radius 2 is 1.87 bits per heavy atom. The number of aromatic nitrogens is 5. The number of hydrogen-bond acceptors (Lipinski definition) is 7. The molecule has 1 aliphatic heterocycles. The molecule has 9 heteroatoms. The normalized spacial score (nSPS) is 15.9. The lowest BCUT2D eigenvalue weighted by Crippen LogP contribution is -2.34. The Labute approximate surface area is 226 Å². The summed E-state index contributed by atoms with van der Waals surface area (Å²) < 4.78 is 2.09. The highest BCUT2D eigenvalue weighted by Gasteiger charge is 2.27. The molecule has 0 spiro atoms. The molecule has 0 radical (unpaired) electrons. The van der Waals surface area contributed by atoms with Crippen LogP contribution in [0.4, 0.5) is 11.6 Å². The highest BCUT2D eigenvalue weighted by molar-refractivity contribution is 6.04. The first-order valence-corrected chi connectivity index (χ1v) is 13.1. The number of nitrogens with one attached hydrogen (secondary N) is 1. The van der Waals surface area contributed by atoms with Gasteiger partial charge in [-0.3, -0.25) is 19.1 Å². The zero-order chi connectivity index (χ0) is 26.8. The minimum atomic E-state index is -0.215. The lowest BCUT2D eigenvalue weighted by atomic mass is 9.97. The molecule has 0 bridgehead atoms. The SMILES string of the molecule is Cc1ccnc(NC(=O)c2ccc(-c3nc([C@@H]4CCCN(Cc5ccncc5)C4)n4ccnc(N)c34)cc2)c1. The molecule has 39 heavy (non-hydrogen) atoms. The van der Waals surface area contributed by atoms with E-state index in [9.17, 15) is 4.79 Å². The lowest BCUT2D eigenvalue weighted by Gasteiger charge is -2.32. The predicted octanol–water partition coefficient (Wildman–Crippen LogP) is 4.71. The number of fused-ring (bicyclic) bond motifs is 1. The molecule has 5 heterocycles. The number of anilines is 2. The Hall–Kier alpha value is -4.63. The van der Waals surface area contributed by atoms with E-state index >= 15 is 0 Å². The number of nitrogen functional groups attached to an aromatic ring is 1. The summed E-state index contributed by atoms with van der Waals surface area (Å²) in [5, 5.41) is 2.86. The van der Waals surface area contributed by atoms with Gasteiger partial charge in [-0.1, -0.05) is 12.1 Å². The van der Waals surface area contributed by atoms with Gasteiger partial charge in [-0.25, -0.2) is 15.0 Å². The number of nitrogens with two attached hydrogens (primary N) is 1. The maximum absolute atomic E-state index is 12.8. The van der Waals surface area contributed by atoms with Gasteiger partial charge in [0.25, 0.3) is 5.91 Å². The smallest absolute Gasteiger partial charge is 0.256 e. The first-order valence-electron chi connectivity index (χ1n) is 13.1. The third-order valence-corrected chi connectivity index (χ3v) is 7.21. The fourth-order valence-electron chi connectivity index (χ4n) is 5.31. The number of carbonyl (C=O) groups is 1. The van der Waals surface area contributed by atoms with Gasteiger partial charge in [0, 0.05) is 61.1 Å². The third kappa shape index (κ3) is 5.21. The van der Waals surface area contributed by atoms with Gasteiger partial charge >= 0.3 is 0 Å². The molecule has 1 saturated heterocycles. The van der Waals surface area contributed by atoms with Gasteiger partial charge in [-0.05, 0) is 73.8 Å². The Bertz CT molecular complexity index is 1610. The molecule has 0 saturated carbocycles. The van der Waals surface area contributed by atoms with Crippen molar-refractivity contribution in [1.82, 2.24) is 29.2 Å². The number of aryl methyl sites for hydroxylation is 1. The van der Waals surface area contributed by atoms with Crippen LogP contribution in [0.5, 0.6) is 0 Å². The molecule has 1 fully saturated rings. The van der Waals surface area contributed by atoms with Crippen molar-refractivity contribution in [2.24, 2.45) is 0 Å². The summed E-state index contributed by atoms with van der Waals surface area (Å²) in [6, 6.07) is 15.3. The Morgan fingerprint density at radius 1 is 1.05 bits per heavy atom. The average Bonchev–Trinajstić information content (AvgIpc) is 3.35. The van der Waals surface area contributed by atoms with Gasteiger partial charge in [-0.15, -0.1) is 0 Å². The van der Waals surface area contributed by atoms with E-state index in [2.05, 4.69) is 41.7 Å². The van der Waals surface area contributed by atoms with Crippen LogP contribution in [0, 0.1) is 6.92 Å². The van der Waals surface area contributed by atoms with Crippen molar-refractivity contribution in [2.45, 2.75) is 32.2 Å². The number of benzene rings is 1. The molecule has 9 nitrogen and oxygen atoms in total. The molecule has 0 unspecified atom stereocenters. The van der Waals surface area contributed by atoms with E-state index in [4.69, 9.17) is 10.7 Å². The number of nitrogens with zero attached hydrogens (tertiary/aromatic N) is 6. The molecule has 1 atom stereocenters. The molecular weight excluding hydrogens is 488 g/mol. The van der Waals surface area contributed by atoms with Gasteiger partial charge in [0.1, 0.15) is 28.7 Å². The number of hydrogen-bond donors (Lipinski definition) is 2. The van der Waals surface area contributed by atoms with Crippen molar-refractivity contribution in [3.63, 3.8) is 0 Å². The third-order valence-electron chi connectivity index (χ3n) is 7.21. The number of carbonyl (C=O) groups excluding carboxylic acids is 1. The standard InChI is InChI=1S/C30H30N8O/c1-20-8-13-33-25(17-20)35-30(39)23-6-4-22(5-7-23)26-27-28(31)34-14-16-38(27)29(36-26)24-3-2-15-37(19-24)18-21-9-11-32-12-10-21/h4-14,16-17,24H,2-3,15,18-19H2,1H3,(H2,31,34)(H,33,35,39)/t24-/m1/s1. The van der Waals surface area contributed by atoms with Crippen LogP contribution in [0.25, 0.3) is 16.8 Å². The van der Waals surface area contributed by atoms with Gasteiger partial charge in [0.2, 0.25) is 0 Å². The van der Waals surface area contributed by atoms with Crippen LogP contribution < -0.4 is 11.1 Å². The van der Waals surface area contributed by atoms with E-state index in [1.807, 2.05) is 49.8 Å². The number of likely N-dealkylation sites (tertiary alicyclic amines) is 1. The van der Waals surface area contributed by atoms with Crippen LogP contribution in [0.2, 0.25) is 0 Å². The van der Waals surface area contributed by atoms with Crippen molar-refractivity contribution in [2.75, 3.05) is 24.1 Å². The molecule has 6 rings (SSSR count). The van der Waals surface area contributed by atoms with Crippen molar-refractivity contribution in [3.05, 3.63) is 102 Å². The summed E-state index contributed by atoms with van der Waals surface area (Å²) in [6.07, 6.45) is 11.2. The summed E-state index contributed by atoms with van der Waals surface area (Å²) in [7, 11) is 0. The van der Waals surface area contributed by atoms with E-state index < -0.39 is 0 Å². The summed E-state index contributed by atoms with van der Waals surface area (Å²) in [4.78, 5) is 33.1. The number of rotatable bonds is 6. The predicted molar refractivity (Wildman–Crippen MR) is 151 cm³/mol. The summed E-state index contributed by atoms with van der Waals surface area (Å²) in [6.45, 7) is 4.82. The first-order chi connectivity index (χ1) is 19.0. The highest BCUT2D eigenvalue weighted by atomic mass is 16.1. The number of piperidine rings is 1. The highest BCUT2D eigenvalue weighted by Crippen LogP contribution is 2.34. The van der Waals surface area contributed by atoms with Crippen molar-refractivity contribution in [1.29, 1.82) is 0 Å². The zero-order valence-corrected chi connectivity index (χ0v) is 21.8. The fraction of sp³-hybridized carbons (Fsp3) is 0.233. The maximum atomic E-state index is 12.8. The Kier molecular flexibility index (Phi) is 6.73. The number of imidazole rings is 1. The second-order valence-electron chi connectivity index (χ2n) is 10.0. The molecule has 1 amide bonds. The lowest BCUT2D eigenvalue weighted by molar-refractivity contribution is 0.102. The average molecular weight is 519 g/mol. The second kappa shape index (κ2) is 10.6. The van der Waals surface area contributed by atoms with E-state index in [0.29, 0.717) is 17.2 Å². The molecule has 1 aromatic carbocycles. The van der Waals surface area contributed by atoms with Crippen LogP contribution in [-0.2, 0) is 6.54 Å². The molecular formula is C30H30N8O. The minimum absolute atomic E-state index is 0.215. The Morgan fingerprint density at radius 3 is 2.67 bits per heavy atom. The largest absolute Gasteiger partial charge is 0.382 e. The molecule has 4 aromatic heterocycles. The summed E-state index contributed by atoms with van der Waals surface area (Å²) in [5.41, 5.74) is 11.7. The van der Waals surface area contributed by atoms with Crippen LogP contribution >= 0.6 is 0 Å². The second-order valence-corrected chi connectivity index (χ2v) is 10.0. The summed E-state index contributed by atoms with van der Waals surface area (Å²) >= 11 is 0. The zero-order valence-electron chi connectivity index (χ0n) is 21.8. The van der Waals surface area contributed by atoms with Gasteiger partial charge in [0.15, 0.2) is 0 Å². The van der Waals surface area contributed by atoms with Gasteiger partial charge < -0.3 is 11.1 Å². The van der Waals surface area contributed by atoms with E-state index in [1.54, 1.807) is 24.5 Å². The van der Waals surface area contributed by atoms with Crippen molar-refractivity contribution >= 4 is 23.1 Å². The number of amides is 1. The summed E-state index contributed by atoms with van der Waals surface area (Å²) in [5.74, 6) is 1.99. The van der Waals surface area contributed by atoms with E-state index in [0.717, 1.165) is 60.6 Å². The first kappa shape index (κ1) is 24.7. The number of pyridine rings is 2. The van der Waals surface area contributed by atoms with E-state index in [-0.39, 0.29) is 11.8 Å². The molecule has 1 aliphatic rings. The monoisotopic (exact) mass is 518 g/mol. The fourth-order valence-corrected chi connectivity index (χ4v) is 5.31. The molecule has 196 valence electrons.